The second-order valence-electron chi connectivity index (χ2n) is 5.93. The Morgan fingerprint density at radius 2 is 1.77 bits per heavy atom. The van der Waals surface area contributed by atoms with Crippen LogP contribution in [0, 0.1) is 12.8 Å². The molecule has 164 valence electrons. The number of allylic oxidation sites excluding steroid dienone is 1. The summed E-state index contributed by atoms with van der Waals surface area (Å²) in [7, 11) is 1.83. The molecule has 0 saturated heterocycles. The monoisotopic (exact) mass is 436 g/mol. The van der Waals surface area contributed by atoms with E-state index in [0.717, 1.165) is 11.3 Å². The summed E-state index contributed by atoms with van der Waals surface area (Å²) in [6.45, 7) is 11.2. The van der Waals surface area contributed by atoms with Crippen LogP contribution in [0.3, 0.4) is 0 Å². The normalized spacial score (nSPS) is 9.87. The van der Waals surface area contributed by atoms with Crippen molar-refractivity contribution in [3.05, 3.63) is 91.6 Å². The van der Waals surface area contributed by atoms with Crippen molar-refractivity contribution in [2.75, 3.05) is 18.2 Å². The first-order valence-corrected chi connectivity index (χ1v) is 10.1. The molecular formula is C24H32N6S. The molecule has 0 bridgehead atoms. The van der Waals surface area contributed by atoms with Gasteiger partial charge in [0.25, 0.3) is 5.95 Å². The Morgan fingerprint density at radius 1 is 1.19 bits per heavy atom. The fourth-order valence-corrected chi connectivity index (χ4v) is 2.45. The Morgan fingerprint density at radius 3 is 2.19 bits per heavy atom. The summed E-state index contributed by atoms with van der Waals surface area (Å²) in [5.41, 5.74) is 3.24. The molecule has 2 heterocycles. The standard InChI is InChI=1S/C11H15NS.C8H9N5.C3H6.C2H2/c1-9(2)11(12-8-13)10-6-4-3-5-7-10;1-9-7-5-10-8(11-6-7)13-4-2-3-12-13;1-3-2;1-2/h3-7,11-13H,1,8H2,2H3;2-6,9H,1H3;3H,1H2,2H3;1-2H. The number of nitrogens with one attached hydrogen (secondary N) is 2. The maximum Gasteiger partial charge on any atom is 0.250 e. The van der Waals surface area contributed by atoms with E-state index >= 15 is 0 Å². The van der Waals surface area contributed by atoms with Crippen molar-refractivity contribution in [2.24, 2.45) is 0 Å². The first kappa shape index (κ1) is 27.7. The molecule has 0 fully saturated rings. The molecule has 0 aliphatic heterocycles. The molecule has 2 aromatic heterocycles. The highest BCUT2D eigenvalue weighted by molar-refractivity contribution is 7.80. The van der Waals surface area contributed by atoms with Gasteiger partial charge in [-0.2, -0.15) is 17.7 Å². The summed E-state index contributed by atoms with van der Waals surface area (Å²) in [6.07, 6.45) is 16.7. The summed E-state index contributed by atoms with van der Waals surface area (Å²) in [5, 5.41) is 10.2. The van der Waals surface area contributed by atoms with E-state index in [0.29, 0.717) is 11.8 Å². The number of anilines is 1. The lowest BCUT2D eigenvalue weighted by Gasteiger charge is -2.17. The highest BCUT2D eigenvalue weighted by Gasteiger charge is 2.09. The molecular weight excluding hydrogens is 404 g/mol. The molecule has 0 aliphatic rings. The van der Waals surface area contributed by atoms with Gasteiger partial charge in [0.1, 0.15) is 0 Å². The zero-order chi connectivity index (χ0) is 23.5. The molecule has 7 heteroatoms. The minimum absolute atomic E-state index is 0.221. The van der Waals surface area contributed by atoms with Crippen LogP contribution in [0.25, 0.3) is 5.95 Å². The van der Waals surface area contributed by atoms with Crippen LogP contribution in [0.1, 0.15) is 25.5 Å². The average molecular weight is 437 g/mol. The van der Waals surface area contributed by atoms with Gasteiger partial charge in [-0.3, -0.25) is 5.32 Å². The summed E-state index contributed by atoms with van der Waals surface area (Å²) < 4.78 is 1.61. The molecule has 1 unspecified atom stereocenters. The van der Waals surface area contributed by atoms with Crippen molar-refractivity contribution in [3.8, 4) is 18.8 Å². The van der Waals surface area contributed by atoms with E-state index in [1.165, 1.54) is 5.56 Å². The molecule has 2 N–H and O–H groups in total. The van der Waals surface area contributed by atoms with E-state index < -0.39 is 0 Å². The van der Waals surface area contributed by atoms with Crippen LogP contribution in [0.15, 0.2) is 86.0 Å². The van der Waals surface area contributed by atoms with Crippen LogP contribution >= 0.6 is 12.6 Å². The molecule has 31 heavy (non-hydrogen) atoms. The summed E-state index contributed by atoms with van der Waals surface area (Å²) >= 11 is 4.15. The first-order valence-electron chi connectivity index (χ1n) is 9.52. The van der Waals surface area contributed by atoms with E-state index in [1.807, 2.05) is 45.2 Å². The van der Waals surface area contributed by atoms with Crippen molar-refractivity contribution >= 4 is 18.3 Å². The number of thiol groups is 1. The van der Waals surface area contributed by atoms with Gasteiger partial charge >= 0.3 is 0 Å². The SMILES string of the molecule is C#C.C=C(C)C(NCS)c1ccccc1.C=CC.CNc1cnc(-n2cccn2)nc1. The van der Waals surface area contributed by atoms with Crippen molar-refractivity contribution in [1.82, 2.24) is 25.1 Å². The third-order valence-corrected chi connectivity index (χ3v) is 3.74. The van der Waals surface area contributed by atoms with E-state index in [9.17, 15) is 0 Å². The Kier molecular flexibility index (Phi) is 15.6. The number of hydrogen-bond donors (Lipinski definition) is 3. The smallest absolute Gasteiger partial charge is 0.250 e. The van der Waals surface area contributed by atoms with Crippen LogP contribution in [0.2, 0.25) is 0 Å². The van der Waals surface area contributed by atoms with Gasteiger partial charge in [0.05, 0.1) is 24.1 Å². The van der Waals surface area contributed by atoms with Gasteiger partial charge in [-0.15, -0.1) is 19.4 Å². The number of benzene rings is 1. The van der Waals surface area contributed by atoms with Crippen LogP contribution in [0.5, 0.6) is 0 Å². The number of hydrogen-bond acceptors (Lipinski definition) is 6. The molecule has 1 atom stereocenters. The van der Waals surface area contributed by atoms with Gasteiger partial charge in [0, 0.05) is 25.3 Å². The quantitative estimate of drug-likeness (QED) is 0.221. The van der Waals surface area contributed by atoms with Crippen LogP contribution in [-0.2, 0) is 0 Å². The second-order valence-corrected chi connectivity index (χ2v) is 6.25. The third kappa shape index (κ3) is 10.8. The molecule has 6 nitrogen and oxygen atoms in total. The number of rotatable bonds is 6. The first-order chi connectivity index (χ1) is 15.1. The topological polar surface area (TPSA) is 67.7 Å². The lowest BCUT2D eigenvalue weighted by molar-refractivity contribution is 0.667. The van der Waals surface area contributed by atoms with Crippen molar-refractivity contribution in [2.45, 2.75) is 19.9 Å². The van der Waals surface area contributed by atoms with Gasteiger partial charge in [-0.1, -0.05) is 48.6 Å². The lowest BCUT2D eigenvalue weighted by Crippen LogP contribution is -2.20. The van der Waals surface area contributed by atoms with E-state index in [1.54, 1.807) is 35.5 Å². The second kappa shape index (κ2) is 17.5. The molecule has 3 rings (SSSR count). The number of aromatic nitrogens is 4. The fourth-order valence-electron chi connectivity index (χ4n) is 2.27. The highest BCUT2D eigenvalue weighted by atomic mass is 32.1. The fraction of sp³-hybridized carbons (Fsp3) is 0.208. The molecule has 0 aliphatic carbocycles. The zero-order valence-corrected chi connectivity index (χ0v) is 19.3. The Labute approximate surface area is 191 Å². The molecule has 0 amide bonds. The van der Waals surface area contributed by atoms with Gasteiger partial charge < -0.3 is 5.32 Å². The van der Waals surface area contributed by atoms with Gasteiger partial charge in [-0.05, 0) is 25.5 Å². The number of nitrogens with zero attached hydrogens (tertiary/aromatic N) is 4. The van der Waals surface area contributed by atoms with Crippen molar-refractivity contribution in [3.63, 3.8) is 0 Å². The Hall–Kier alpha value is -3.34. The van der Waals surface area contributed by atoms with Gasteiger partial charge in [0.2, 0.25) is 0 Å². The van der Waals surface area contributed by atoms with Crippen LogP contribution < -0.4 is 10.6 Å². The minimum Gasteiger partial charge on any atom is -0.386 e. The third-order valence-electron chi connectivity index (χ3n) is 3.56. The molecule has 0 spiro atoms. The Bertz CT molecular complexity index is 858. The largest absolute Gasteiger partial charge is 0.386 e. The van der Waals surface area contributed by atoms with E-state index in [2.05, 4.69) is 76.5 Å². The zero-order valence-electron chi connectivity index (χ0n) is 18.4. The molecule has 0 saturated carbocycles. The van der Waals surface area contributed by atoms with Gasteiger partial charge in [-0.25, -0.2) is 14.6 Å². The summed E-state index contributed by atoms with van der Waals surface area (Å²) in [6, 6.07) is 12.3. The predicted octanol–water partition coefficient (Wildman–Crippen LogP) is 4.93. The van der Waals surface area contributed by atoms with Crippen molar-refractivity contribution < 1.29 is 0 Å². The van der Waals surface area contributed by atoms with Gasteiger partial charge in [0.15, 0.2) is 0 Å². The Balaban J connectivity index is 0.000000482. The van der Waals surface area contributed by atoms with Crippen molar-refractivity contribution in [1.29, 1.82) is 0 Å². The van der Waals surface area contributed by atoms with E-state index in [4.69, 9.17) is 0 Å². The summed E-state index contributed by atoms with van der Waals surface area (Å²) in [5.74, 6) is 1.23. The van der Waals surface area contributed by atoms with E-state index in [-0.39, 0.29) is 6.04 Å². The molecule has 0 radical (unpaired) electrons. The lowest BCUT2D eigenvalue weighted by atomic mass is 10.0. The number of terminal acetylenes is 1. The van der Waals surface area contributed by atoms with Crippen LogP contribution in [-0.4, -0.2) is 32.7 Å². The summed E-state index contributed by atoms with van der Waals surface area (Å²) in [4.78, 5) is 8.24. The molecule has 1 aromatic carbocycles. The highest BCUT2D eigenvalue weighted by Crippen LogP contribution is 2.19. The van der Waals surface area contributed by atoms with Crippen LogP contribution in [0.4, 0.5) is 5.69 Å². The maximum atomic E-state index is 4.15. The maximum absolute atomic E-state index is 4.15. The molecule has 3 aromatic rings. The predicted molar refractivity (Wildman–Crippen MR) is 135 cm³/mol. The average Bonchev–Trinajstić information content (AvgIpc) is 3.35. The minimum atomic E-state index is 0.221.